The van der Waals surface area contributed by atoms with E-state index in [1.807, 2.05) is 36.4 Å². The maximum absolute atomic E-state index is 13.0. The van der Waals surface area contributed by atoms with Crippen LogP contribution in [0.5, 0.6) is 0 Å². The third kappa shape index (κ3) is 4.28. The molecule has 4 heteroatoms. The fourth-order valence-electron chi connectivity index (χ4n) is 4.17. The topological polar surface area (TPSA) is 37.3 Å². The van der Waals surface area contributed by atoms with Crippen molar-refractivity contribution in [1.29, 1.82) is 0 Å². The van der Waals surface area contributed by atoms with Gasteiger partial charge in [-0.05, 0) is 63.0 Å². The number of aromatic nitrogens is 1. The molecule has 2 heterocycles. The molecule has 0 bridgehead atoms. The Bertz CT molecular complexity index is 923. The molecule has 1 aliphatic heterocycles. The number of amides is 1. The van der Waals surface area contributed by atoms with Crippen molar-refractivity contribution in [2.75, 3.05) is 26.7 Å². The summed E-state index contributed by atoms with van der Waals surface area (Å²) in [6, 6.07) is 20.6. The second-order valence-corrected chi connectivity index (χ2v) is 7.95. The standard InChI is InChI=1S/C24H29N3O/c1-26-15-12-19(13-16-26)11-14-25-24(28)23-17-21-9-5-6-10-22(21)27(23)18-20-7-3-2-4-8-20/h2-10,17,19H,11-16,18H2,1H3,(H,25,28). The van der Waals surface area contributed by atoms with Gasteiger partial charge in [0.25, 0.3) is 5.91 Å². The summed E-state index contributed by atoms with van der Waals surface area (Å²) in [6.45, 7) is 3.79. The number of nitrogens with one attached hydrogen (secondary N) is 1. The fraction of sp³-hybridized carbons (Fsp3) is 0.375. The first kappa shape index (κ1) is 18.8. The third-order valence-corrected chi connectivity index (χ3v) is 5.90. The van der Waals surface area contributed by atoms with Gasteiger partial charge in [0.1, 0.15) is 5.69 Å². The molecule has 0 spiro atoms. The second-order valence-electron chi connectivity index (χ2n) is 7.95. The van der Waals surface area contributed by atoms with Gasteiger partial charge in [0, 0.05) is 24.0 Å². The molecular formula is C24H29N3O. The summed E-state index contributed by atoms with van der Waals surface area (Å²) < 4.78 is 2.13. The van der Waals surface area contributed by atoms with Crippen molar-refractivity contribution in [1.82, 2.24) is 14.8 Å². The van der Waals surface area contributed by atoms with E-state index in [4.69, 9.17) is 0 Å². The number of hydrogen-bond acceptors (Lipinski definition) is 2. The average Bonchev–Trinajstić information content (AvgIpc) is 3.09. The van der Waals surface area contributed by atoms with Gasteiger partial charge in [-0.25, -0.2) is 0 Å². The largest absolute Gasteiger partial charge is 0.351 e. The van der Waals surface area contributed by atoms with Crippen LogP contribution in [0.4, 0.5) is 0 Å². The van der Waals surface area contributed by atoms with Crippen molar-refractivity contribution in [3.8, 4) is 0 Å². The van der Waals surface area contributed by atoms with E-state index in [0.29, 0.717) is 6.54 Å². The molecule has 4 nitrogen and oxygen atoms in total. The zero-order valence-electron chi connectivity index (χ0n) is 16.6. The van der Waals surface area contributed by atoms with Gasteiger partial charge in [-0.15, -0.1) is 0 Å². The molecule has 4 rings (SSSR count). The van der Waals surface area contributed by atoms with Gasteiger partial charge in [-0.1, -0.05) is 48.5 Å². The fourth-order valence-corrected chi connectivity index (χ4v) is 4.17. The van der Waals surface area contributed by atoms with E-state index in [-0.39, 0.29) is 5.91 Å². The highest BCUT2D eigenvalue weighted by molar-refractivity contribution is 5.98. The van der Waals surface area contributed by atoms with Gasteiger partial charge in [0.05, 0.1) is 0 Å². The smallest absolute Gasteiger partial charge is 0.267 e. The summed E-state index contributed by atoms with van der Waals surface area (Å²) in [5, 5.41) is 4.28. The number of hydrogen-bond donors (Lipinski definition) is 1. The number of benzene rings is 2. The van der Waals surface area contributed by atoms with Gasteiger partial charge in [0.15, 0.2) is 0 Å². The lowest BCUT2D eigenvalue weighted by Crippen LogP contribution is -2.33. The van der Waals surface area contributed by atoms with Crippen molar-refractivity contribution in [2.45, 2.75) is 25.8 Å². The SMILES string of the molecule is CN1CCC(CCNC(=O)c2cc3ccccc3n2Cc2ccccc2)CC1. The molecule has 1 fully saturated rings. The molecule has 1 aromatic heterocycles. The molecule has 1 aliphatic rings. The van der Waals surface area contributed by atoms with Crippen LogP contribution >= 0.6 is 0 Å². The van der Waals surface area contributed by atoms with Gasteiger partial charge >= 0.3 is 0 Å². The number of nitrogens with zero attached hydrogens (tertiary/aromatic N) is 2. The predicted molar refractivity (Wildman–Crippen MR) is 115 cm³/mol. The van der Waals surface area contributed by atoms with Crippen LogP contribution in [0, 0.1) is 5.92 Å². The number of carbonyl (C=O) groups excluding carboxylic acids is 1. The minimum absolute atomic E-state index is 0.0278. The number of likely N-dealkylation sites (tertiary alicyclic amines) is 1. The van der Waals surface area contributed by atoms with E-state index in [1.54, 1.807) is 0 Å². The van der Waals surface area contributed by atoms with E-state index >= 15 is 0 Å². The predicted octanol–water partition coefficient (Wildman–Crippen LogP) is 4.15. The minimum atomic E-state index is 0.0278. The Morgan fingerprint density at radius 1 is 1.04 bits per heavy atom. The van der Waals surface area contributed by atoms with Crippen LogP contribution in [0.25, 0.3) is 10.9 Å². The van der Waals surface area contributed by atoms with E-state index < -0.39 is 0 Å². The molecular weight excluding hydrogens is 346 g/mol. The zero-order valence-corrected chi connectivity index (χ0v) is 16.6. The molecule has 28 heavy (non-hydrogen) atoms. The van der Waals surface area contributed by atoms with Gasteiger partial charge in [-0.2, -0.15) is 0 Å². The Hall–Kier alpha value is -2.59. The third-order valence-electron chi connectivity index (χ3n) is 5.90. The summed E-state index contributed by atoms with van der Waals surface area (Å²) in [4.78, 5) is 15.4. The summed E-state index contributed by atoms with van der Waals surface area (Å²) >= 11 is 0. The van der Waals surface area contributed by atoms with Gasteiger partial charge < -0.3 is 14.8 Å². The van der Waals surface area contributed by atoms with E-state index in [0.717, 1.165) is 35.5 Å². The van der Waals surface area contributed by atoms with Gasteiger partial charge in [-0.3, -0.25) is 4.79 Å². The quantitative estimate of drug-likeness (QED) is 0.703. The lowest BCUT2D eigenvalue weighted by atomic mass is 9.94. The lowest BCUT2D eigenvalue weighted by molar-refractivity contribution is 0.0940. The number of piperidine rings is 1. The molecule has 0 unspecified atom stereocenters. The number of fused-ring (bicyclic) bond motifs is 1. The van der Waals surface area contributed by atoms with Crippen LogP contribution in [0.2, 0.25) is 0 Å². The highest BCUT2D eigenvalue weighted by Gasteiger charge is 2.18. The highest BCUT2D eigenvalue weighted by Crippen LogP contribution is 2.22. The Morgan fingerprint density at radius 2 is 1.75 bits per heavy atom. The zero-order chi connectivity index (χ0) is 19.3. The van der Waals surface area contributed by atoms with E-state index in [2.05, 4.69) is 46.1 Å². The van der Waals surface area contributed by atoms with Gasteiger partial charge in [0.2, 0.25) is 0 Å². The van der Waals surface area contributed by atoms with Crippen LogP contribution in [0.3, 0.4) is 0 Å². The van der Waals surface area contributed by atoms with Crippen molar-refractivity contribution in [3.63, 3.8) is 0 Å². The Kier molecular flexibility index (Phi) is 5.77. The molecule has 0 aliphatic carbocycles. The van der Waals surface area contributed by atoms with Crippen LogP contribution < -0.4 is 5.32 Å². The maximum Gasteiger partial charge on any atom is 0.267 e. The minimum Gasteiger partial charge on any atom is -0.351 e. The van der Waals surface area contributed by atoms with Crippen molar-refractivity contribution >= 4 is 16.8 Å². The molecule has 1 N–H and O–H groups in total. The lowest BCUT2D eigenvalue weighted by Gasteiger charge is -2.28. The highest BCUT2D eigenvalue weighted by atomic mass is 16.1. The van der Waals surface area contributed by atoms with Crippen molar-refractivity contribution < 1.29 is 4.79 Å². The summed E-state index contributed by atoms with van der Waals surface area (Å²) in [6.07, 6.45) is 3.54. The van der Waals surface area contributed by atoms with E-state index in [9.17, 15) is 4.79 Å². The molecule has 1 saturated heterocycles. The number of para-hydroxylation sites is 1. The molecule has 0 saturated carbocycles. The molecule has 0 radical (unpaired) electrons. The number of rotatable bonds is 6. The maximum atomic E-state index is 13.0. The Labute approximate surface area is 167 Å². The van der Waals surface area contributed by atoms with Crippen LogP contribution in [-0.4, -0.2) is 42.1 Å². The first-order valence-corrected chi connectivity index (χ1v) is 10.3. The number of carbonyl (C=O) groups is 1. The van der Waals surface area contributed by atoms with E-state index in [1.165, 1.54) is 31.5 Å². The molecule has 3 aromatic rings. The van der Waals surface area contributed by atoms with Crippen molar-refractivity contribution in [2.24, 2.45) is 5.92 Å². The van der Waals surface area contributed by atoms with Crippen LogP contribution in [0.1, 0.15) is 35.3 Å². The Morgan fingerprint density at radius 3 is 2.54 bits per heavy atom. The van der Waals surface area contributed by atoms with Crippen molar-refractivity contribution in [3.05, 3.63) is 71.9 Å². The molecule has 146 valence electrons. The second kappa shape index (κ2) is 8.61. The normalized spacial score (nSPS) is 15.8. The molecule has 2 aromatic carbocycles. The first-order valence-electron chi connectivity index (χ1n) is 10.3. The monoisotopic (exact) mass is 375 g/mol. The molecule has 0 atom stereocenters. The first-order chi connectivity index (χ1) is 13.7. The average molecular weight is 376 g/mol. The Balaban J connectivity index is 1.47. The summed E-state index contributed by atoms with van der Waals surface area (Å²) in [5.74, 6) is 0.756. The summed E-state index contributed by atoms with van der Waals surface area (Å²) in [5.41, 5.74) is 3.05. The van der Waals surface area contributed by atoms with Crippen LogP contribution in [0.15, 0.2) is 60.7 Å². The van der Waals surface area contributed by atoms with Crippen LogP contribution in [-0.2, 0) is 6.54 Å². The molecule has 1 amide bonds. The summed E-state index contributed by atoms with van der Waals surface area (Å²) in [7, 11) is 2.18.